The summed E-state index contributed by atoms with van der Waals surface area (Å²) in [6.45, 7) is 0. The van der Waals surface area contributed by atoms with E-state index in [4.69, 9.17) is 4.74 Å². The van der Waals surface area contributed by atoms with E-state index in [0.29, 0.717) is 23.0 Å². The molecule has 0 atom stereocenters. The highest BCUT2D eigenvalue weighted by Gasteiger charge is 2.31. The van der Waals surface area contributed by atoms with Crippen molar-refractivity contribution in [3.05, 3.63) is 53.6 Å². The lowest BCUT2D eigenvalue weighted by molar-refractivity contribution is -0.137. The molecular weight excluding hydrogens is 269 g/mol. The standard InChI is InChI=1S/C15H11F3O2/c1-20-14-8-11(15(16,17)18)6-7-13(14)12-5-3-2-4-10(12)9-19/h2-9H,1H3. The van der Waals surface area contributed by atoms with E-state index in [0.717, 1.165) is 12.1 Å². The molecule has 2 rings (SSSR count). The van der Waals surface area contributed by atoms with Crippen LogP contribution < -0.4 is 4.74 Å². The highest BCUT2D eigenvalue weighted by atomic mass is 19.4. The van der Waals surface area contributed by atoms with Gasteiger partial charge in [0.15, 0.2) is 6.29 Å². The van der Waals surface area contributed by atoms with Crippen LogP contribution in [0.25, 0.3) is 11.1 Å². The molecule has 0 amide bonds. The lowest BCUT2D eigenvalue weighted by Gasteiger charge is -2.13. The minimum Gasteiger partial charge on any atom is -0.496 e. The molecule has 0 saturated carbocycles. The summed E-state index contributed by atoms with van der Waals surface area (Å²) in [6.07, 6.45) is -3.78. The van der Waals surface area contributed by atoms with Gasteiger partial charge in [-0.1, -0.05) is 30.3 Å². The Balaban J connectivity index is 2.60. The number of hydrogen-bond donors (Lipinski definition) is 0. The molecule has 0 radical (unpaired) electrons. The number of carbonyl (C=O) groups excluding carboxylic acids is 1. The monoisotopic (exact) mass is 280 g/mol. The maximum atomic E-state index is 12.7. The molecule has 0 aromatic heterocycles. The van der Waals surface area contributed by atoms with Crippen LogP contribution >= 0.6 is 0 Å². The molecule has 2 nitrogen and oxygen atoms in total. The zero-order valence-electron chi connectivity index (χ0n) is 10.6. The molecule has 2 aromatic rings. The van der Waals surface area contributed by atoms with Gasteiger partial charge in [-0.15, -0.1) is 0 Å². The number of benzene rings is 2. The third kappa shape index (κ3) is 2.66. The van der Waals surface area contributed by atoms with E-state index >= 15 is 0 Å². The number of rotatable bonds is 3. The smallest absolute Gasteiger partial charge is 0.416 e. The second-order valence-corrected chi connectivity index (χ2v) is 4.12. The van der Waals surface area contributed by atoms with Gasteiger partial charge in [0.1, 0.15) is 5.75 Å². The molecule has 0 spiro atoms. The Morgan fingerprint density at radius 3 is 2.35 bits per heavy atom. The van der Waals surface area contributed by atoms with Crippen molar-refractivity contribution in [1.82, 2.24) is 0 Å². The number of alkyl halides is 3. The predicted molar refractivity (Wildman–Crippen MR) is 68.8 cm³/mol. The van der Waals surface area contributed by atoms with E-state index in [1.807, 2.05) is 0 Å². The number of hydrogen-bond acceptors (Lipinski definition) is 2. The summed E-state index contributed by atoms with van der Waals surface area (Å²) in [5.41, 5.74) is 0.587. The van der Waals surface area contributed by atoms with Crippen LogP contribution in [0.15, 0.2) is 42.5 Å². The fourth-order valence-electron chi connectivity index (χ4n) is 1.94. The van der Waals surface area contributed by atoms with E-state index < -0.39 is 11.7 Å². The summed E-state index contributed by atoms with van der Waals surface area (Å²) >= 11 is 0. The topological polar surface area (TPSA) is 26.3 Å². The minimum absolute atomic E-state index is 0.0779. The Morgan fingerprint density at radius 2 is 1.75 bits per heavy atom. The molecule has 0 aliphatic heterocycles. The van der Waals surface area contributed by atoms with Gasteiger partial charge in [0.2, 0.25) is 0 Å². The average Bonchev–Trinajstić information content (AvgIpc) is 2.45. The first-order chi connectivity index (χ1) is 9.47. The van der Waals surface area contributed by atoms with Gasteiger partial charge in [-0.3, -0.25) is 4.79 Å². The third-order valence-electron chi connectivity index (χ3n) is 2.91. The number of halogens is 3. The second kappa shape index (κ2) is 5.36. The number of methoxy groups -OCH3 is 1. The van der Waals surface area contributed by atoms with Crippen molar-refractivity contribution in [2.45, 2.75) is 6.18 Å². The zero-order chi connectivity index (χ0) is 14.8. The molecular formula is C15H11F3O2. The van der Waals surface area contributed by atoms with E-state index in [2.05, 4.69) is 0 Å². The van der Waals surface area contributed by atoms with Crippen LogP contribution in [-0.2, 0) is 6.18 Å². The van der Waals surface area contributed by atoms with Crippen molar-refractivity contribution in [3.63, 3.8) is 0 Å². The van der Waals surface area contributed by atoms with Gasteiger partial charge in [-0.2, -0.15) is 13.2 Å². The van der Waals surface area contributed by atoms with Crippen molar-refractivity contribution >= 4 is 6.29 Å². The largest absolute Gasteiger partial charge is 0.496 e. The maximum absolute atomic E-state index is 12.7. The zero-order valence-corrected chi connectivity index (χ0v) is 10.6. The van der Waals surface area contributed by atoms with Crippen LogP contribution in [0.4, 0.5) is 13.2 Å². The molecule has 5 heteroatoms. The van der Waals surface area contributed by atoms with Crippen LogP contribution in [0.1, 0.15) is 15.9 Å². The average molecular weight is 280 g/mol. The molecule has 0 bridgehead atoms. The van der Waals surface area contributed by atoms with E-state index in [1.54, 1.807) is 24.3 Å². The highest BCUT2D eigenvalue weighted by molar-refractivity contribution is 5.89. The molecule has 0 heterocycles. The summed E-state index contributed by atoms with van der Waals surface area (Å²) < 4.78 is 43.0. The van der Waals surface area contributed by atoms with Crippen LogP contribution in [0, 0.1) is 0 Å². The molecule has 0 aliphatic rings. The first-order valence-electron chi connectivity index (χ1n) is 5.77. The van der Waals surface area contributed by atoms with Crippen LogP contribution in [0.5, 0.6) is 5.75 Å². The van der Waals surface area contributed by atoms with Gasteiger partial charge >= 0.3 is 6.18 Å². The molecule has 0 N–H and O–H groups in total. The summed E-state index contributed by atoms with van der Waals surface area (Å²) in [5, 5.41) is 0. The molecule has 0 fully saturated rings. The van der Waals surface area contributed by atoms with Crippen molar-refractivity contribution in [2.75, 3.05) is 7.11 Å². The quantitative estimate of drug-likeness (QED) is 0.788. The van der Waals surface area contributed by atoms with Crippen LogP contribution in [0.3, 0.4) is 0 Å². The van der Waals surface area contributed by atoms with Crippen molar-refractivity contribution < 1.29 is 22.7 Å². The van der Waals surface area contributed by atoms with Crippen molar-refractivity contribution in [2.24, 2.45) is 0 Å². The Labute approximate surface area is 113 Å². The minimum atomic E-state index is -4.43. The summed E-state index contributed by atoms with van der Waals surface area (Å²) in [7, 11) is 1.29. The summed E-state index contributed by atoms with van der Waals surface area (Å²) in [4.78, 5) is 11.0. The molecule has 0 unspecified atom stereocenters. The van der Waals surface area contributed by atoms with Gasteiger partial charge < -0.3 is 4.74 Å². The number of aldehydes is 1. The Hall–Kier alpha value is -2.30. The van der Waals surface area contributed by atoms with E-state index in [9.17, 15) is 18.0 Å². The molecule has 0 aliphatic carbocycles. The molecule has 20 heavy (non-hydrogen) atoms. The van der Waals surface area contributed by atoms with Gasteiger partial charge in [-0.05, 0) is 17.7 Å². The predicted octanol–water partition coefficient (Wildman–Crippen LogP) is 4.19. The maximum Gasteiger partial charge on any atom is 0.416 e. The van der Waals surface area contributed by atoms with Crippen molar-refractivity contribution in [1.29, 1.82) is 0 Å². The fraction of sp³-hybridized carbons (Fsp3) is 0.133. The first kappa shape index (κ1) is 14.1. The Bertz CT molecular complexity index is 633. The normalized spacial score (nSPS) is 11.2. The lowest BCUT2D eigenvalue weighted by atomic mass is 9.98. The second-order valence-electron chi connectivity index (χ2n) is 4.12. The van der Waals surface area contributed by atoms with Gasteiger partial charge in [0, 0.05) is 11.1 Å². The number of ether oxygens (including phenoxy) is 1. The van der Waals surface area contributed by atoms with Gasteiger partial charge in [0.05, 0.1) is 12.7 Å². The third-order valence-corrected chi connectivity index (χ3v) is 2.91. The molecule has 0 saturated heterocycles. The summed E-state index contributed by atoms with van der Waals surface area (Å²) in [5.74, 6) is 0.0779. The summed E-state index contributed by atoms with van der Waals surface area (Å²) in [6, 6.07) is 9.86. The van der Waals surface area contributed by atoms with Gasteiger partial charge in [0.25, 0.3) is 0 Å². The van der Waals surface area contributed by atoms with Gasteiger partial charge in [-0.25, -0.2) is 0 Å². The molecule has 104 valence electrons. The molecule has 2 aromatic carbocycles. The SMILES string of the molecule is COc1cc(C(F)(F)F)ccc1-c1ccccc1C=O. The van der Waals surface area contributed by atoms with E-state index in [-0.39, 0.29) is 5.75 Å². The van der Waals surface area contributed by atoms with Crippen molar-refractivity contribution in [3.8, 4) is 16.9 Å². The first-order valence-corrected chi connectivity index (χ1v) is 5.77. The lowest BCUT2D eigenvalue weighted by Crippen LogP contribution is -2.05. The van der Waals surface area contributed by atoms with Crippen LogP contribution in [0.2, 0.25) is 0 Å². The fourth-order valence-corrected chi connectivity index (χ4v) is 1.94. The van der Waals surface area contributed by atoms with E-state index in [1.165, 1.54) is 13.2 Å². The highest BCUT2D eigenvalue weighted by Crippen LogP contribution is 2.37. The Morgan fingerprint density at radius 1 is 1.05 bits per heavy atom. The Kier molecular flexibility index (Phi) is 3.79. The number of carbonyl (C=O) groups is 1. The van der Waals surface area contributed by atoms with Crippen LogP contribution in [-0.4, -0.2) is 13.4 Å².